The van der Waals surface area contributed by atoms with Crippen LogP contribution in [0.25, 0.3) is 0 Å². The first-order valence-corrected chi connectivity index (χ1v) is 12.6. The zero-order chi connectivity index (χ0) is 20.9. The molecule has 0 aromatic heterocycles. The lowest BCUT2D eigenvalue weighted by Crippen LogP contribution is -2.41. The van der Waals surface area contributed by atoms with Gasteiger partial charge in [0, 0.05) is 25.7 Å². The minimum atomic E-state index is -2.09. The van der Waals surface area contributed by atoms with Crippen molar-refractivity contribution in [1.29, 1.82) is 0 Å². The van der Waals surface area contributed by atoms with E-state index in [-0.39, 0.29) is 29.0 Å². The van der Waals surface area contributed by atoms with Gasteiger partial charge >= 0.3 is 5.97 Å². The van der Waals surface area contributed by atoms with Crippen LogP contribution in [0, 0.1) is 0 Å². The molecule has 0 aromatic rings. The Morgan fingerprint density at radius 3 is 2.11 bits per heavy atom. The van der Waals surface area contributed by atoms with Crippen LogP contribution in [0.1, 0.15) is 72.6 Å². The van der Waals surface area contributed by atoms with E-state index in [0.717, 1.165) is 6.42 Å². The monoisotopic (exact) mass is 396 g/mol. The van der Waals surface area contributed by atoms with Gasteiger partial charge in [0.15, 0.2) is 0 Å². The molecule has 0 rings (SSSR count). The molecule has 6 heteroatoms. The van der Waals surface area contributed by atoms with E-state index in [0.29, 0.717) is 32.1 Å². The van der Waals surface area contributed by atoms with E-state index in [1.165, 1.54) is 0 Å². The molecule has 0 radical (unpaired) electrons. The summed E-state index contributed by atoms with van der Waals surface area (Å²) in [6.45, 7) is 11.8. The van der Waals surface area contributed by atoms with Crippen molar-refractivity contribution in [3.05, 3.63) is 24.3 Å². The van der Waals surface area contributed by atoms with Gasteiger partial charge in [-0.2, -0.15) is 0 Å². The first-order chi connectivity index (χ1) is 12.5. The van der Waals surface area contributed by atoms with Crippen LogP contribution in [0.2, 0.25) is 18.1 Å². The summed E-state index contributed by atoms with van der Waals surface area (Å²) >= 11 is 0. The van der Waals surface area contributed by atoms with Crippen LogP contribution in [0.3, 0.4) is 0 Å². The van der Waals surface area contributed by atoms with Gasteiger partial charge in [-0.1, -0.05) is 45.1 Å². The average molecular weight is 397 g/mol. The van der Waals surface area contributed by atoms with Gasteiger partial charge in [0.2, 0.25) is 0 Å². The number of carbonyl (C=O) groups is 3. The molecule has 0 aliphatic carbocycles. The van der Waals surface area contributed by atoms with Crippen LogP contribution < -0.4 is 0 Å². The van der Waals surface area contributed by atoms with Crippen molar-refractivity contribution >= 4 is 25.9 Å². The Morgan fingerprint density at radius 2 is 1.52 bits per heavy atom. The maximum atomic E-state index is 11.8. The molecule has 5 nitrogen and oxygen atoms in total. The second-order valence-corrected chi connectivity index (χ2v) is 13.0. The highest BCUT2D eigenvalue weighted by Crippen LogP contribution is 2.36. The smallest absolute Gasteiger partial charge is 0.310 e. The lowest BCUT2D eigenvalue weighted by molar-refractivity contribution is -0.221. The zero-order valence-corrected chi connectivity index (χ0v) is 18.8. The molecule has 0 heterocycles. The third kappa shape index (κ3) is 13.3. The molecule has 0 unspecified atom stereocenters. The van der Waals surface area contributed by atoms with Gasteiger partial charge in [-0.05, 0) is 44.3 Å². The number of allylic oxidation sites excluding steroid dienone is 4. The van der Waals surface area contributed by atoms with Crippen molar-refractivity contribution in [2.45, 2.75) is 90.8 Å². The van der Waals surface area contributed by atoms with Gasteiger partial charge < -0.3 is 9.68 Å². The normalized spacial score (nSPS) is 12.7. The number of carbonyl (C=O) groups excluding carboxylic acids is 3. The summed E-state index contributed by atoms with van der Waals surface area (Å²) in [5.74, 6) is -0.0496. The van der Waals surface area contributed by atoms with Crippen molar-refractivity contribution in [2.24, 2.45) is 0 Å². The minimum Gasteiger partial charge on any atom is -0.310 e. The summed E-state index contributed by atoms with van der Waals surface area (Å²) in [4.78, 5) is 39.3. The highest BCUT2D eigenvalue weighted by Gasteiger charge is 2.40. The SMILES string of the molecule is CC(=O)CCC=CC=CCC(=O)CCCCC(=O)OO[Si](C)(C)C(C)(C)C. The first kappa shape index (κ1) is 25.5. The predicted molar refractivity (Wildman–Crippen MR) is 111 cm³/mol. The number of hydrogen-bond donors (Lipinski definition) is 0. The molecule has 0 bridgehead atoms. The third-order valence-electron chi connectivity index (χ3n) is 4.63. The van der Waals surface area contributed by atoms with Crippen molar-refractivity contribution < 1.29 is 23.8 Å². The van der Waals surface area contributed by atoms with Crippen molar-refractivity contribution in [1.82, 2.24) is 0 Å². The van der Waals surface area contributed by atoms with Gasteiger partial charge in [0.05, 0.1) is 0 Å². The maximum Gasteiger partial charge on any atom is 0.340 e. The van der Waals surface area contributed by atoms with Crippen LogP contribution in [-0.2, 0) is 23.8 Å². The number of Topliss-reactive ketones (excluding diaryl/α,β-unsaturated/α-hetero) is 2. The highest BCUT2D eigenvalue weighted by atomic mass is 28.4. The lowest BCUT2D eigenvalue weighted by atomic mass is 10.1. The topological polar surface area (TPSA) is 69.7 Å². The fraction of sp³-hybridized carbons (Fsp3) is 0.667. The van der Waals surface area contributed by atoms with Crippen LogP contribution in [-0.4, -0.2) is 25.9 Å². The average Bonchev–Trinajstić information content (AvgIpc) is 2.54. The summed E-state index contributed by atoms with van der Waals surface area (Å²) < 4.78 is 5.43. The van der Waals surface area contributed by atoms with E-state index in [1.54, 1.807) is 6.92 Å². The first-order valence-electron chi connectivity index (χ1n) is 9.67. The van der Waals surface area contributed by atoms with E-state index < -0.39 is 8.32 Å². The van der Waals surface area contributed by atoms with Gasteiger partial charge in [0.25, 0.3) is 8.32 Å². The lowest BCUT2D eigenvalue weighted by Gasteiger charge is -2.33. The van der Waals surface area contributed by atoms with Gasteiger partial charge in [-0.3, -0.25) is 4.79 Å². The number of hydrogen-bond acceptors (Lipinski definition) is 5. The molecule has 154 valence electrons. The van der Waals surface area contributed by atoms with E-state index in [9.17, 15) is 14.4 Å². The Bertz CT molecular complexity index is 541. The largest absolute Gasteiger partial charge is 0.340 e. The Morgan fingerprint density at radius 1 is 0.926 bits per heavy atom. The second kappa shape index (κ2) is 12.8. The Kier molecular flexibility index (Phi) is 12.1. The Labute approximate surface area is 165 Å². The molecular weight excluding hydrogens is 360 g/mol. The molecule has 0 saturated carbocycles. The summed E-state index contributed by atoms with van der Waals surface area (Å²) in [6, 6.07) is 0. The fourth-order valence-corrected chi connectivity index (χ4v) is 2.30. The molecular formula is C21H36O5Si. The third-order valence-corrected chi connectivity index (χ3v) is 8.74. The van der Waals surface area contributed by atoms with Crippen LogP contribution in [0.4, 0.5) is 0 Å². The van der Waals surface area contributed by atoms with Gasteiger partial charge in [0.1, 0.15) is 11.6 Å². The van der Waals surface area contributed by atoms with Gasteiger partial charge in [-0.15, -0.1) is 0 Å². The van der Waals surface area contributed by atoms with Crippen LogP contribution in [0.15, 0.2) is 24.3 Å². The number of ketones is 2. The molecule has 0 atom stereocenters. The molecule has 0 saturated heterocycles. The van der Waals surface area contributed by atoms with Crippen LogP contribution >= 0.6 is 0 Å². The molecule has 0 aliphatic rings. The van der Waals surface area contributed by atoms with Gasteiger partial charge in [-0.25, -0.2) is 9.37 Å². The molecule has 0 spiro atoms. The molecule has 0 fully saturated rings. The van der Waals surface area contributed by atoms with Crippen molar-refractivity contribution in [2.75, 3.05) is 0 Å². The molecule has 0 N–H and O–H groups in total. The zero-order valence-electron chi connectivity index (χ0n) is 17.8. The number of unbranched alkanes of at least 4 members (excludes halogenated alkanes) is 1. The standard InChI is InChI=1S/C21H36O5Si/c1-18(22)14-10-8-7-9-11-15-19(23)16-12-13-17-20(24)25-26-27(5,6)21(2,3)4/h7-9,11H,10,12-17H2,1-6H3. The number of rotatable bonds is 13. The van der Waals surface area contributed by atoms with E-state index in [1.807, 2.05) is 37.4 Å². The highest BCUT2D eigenvalue weighted by molar-refractivity contribution is 6.73. The Balaban J connectivity index is 3.84. The molecule has 0 amide bonds. The van der Waals surface area contributed by atoms with E-state index in [4.69, 9.17) is 9.46 Å². The predicted octanol–water partition coefficient (Wildman–Crippen LogP) is 5.47. The maximum absolute atomic E-state index is 11.8. The van der Waals surface area contributed by atoms with E-state index >= 15 is 0 Å². The summed E-state index contributed by atoms with van der Waals surface area (Å²) in [5, 5.41) is -0.0180. The molecule has 27 heavy (non-hydrogen) atoms. The minimum absolute atomic E-state index is 0.0180. The Hall–Kier alpha value is -1.53. The summed E-state index contributed by atoms with van der Waals surface area (Å²) in [7, 11) is -2.09. The second-order valence-electron chi connectivity index (χ2n) is 8.35. The molecule has 0 aliphatic heterocycles. The quantitative estimate of drug-likeness (QED) is 0.136. The van der Waals surface area contributed by atoms with Crippen molar-refractivity contribution in [3.63, 3.8) is 0 Å². The molecule has 0 aromatic carbocycles. The summed E-state index contributed by atoms with van der Waals surface area (Å²) in [5.41, 5.74) is 0. The van der Waals surface area contributed by atoms with Crippen molar-refractivity contribution in [3.8, 4) is 0 Å². The van der Waals surface area contributed by atoms with E-state index in [2.05, 4.69) is 20.8 Å². The van der Waals surface area contributed by atoms with Crippen LogP contribution in [0.5, 0.6) is 0 Å². The summed E-state index contributed by atoms with van der Waals surface area (Å²) in [6.07, 6.45) is 11.1. The fourth-order valence-electron chi connectivity index (χ4n) is 1.75.